The van der Waals surface area contributed by atoms with Crippen LogP contribution in [0.3, 0.4) is 0 Å². The fourth-order valence-electron chi connectivity index (χ4n) is 1.95. The molecule has 0 saturated carbocycles. The summed E-state index contributed by atoms with van der Waals surface area (Å²) >= 11 is 0. The molecule has 0 aliphatic heterocycles. The Morgan fingerprint density at radius 1 is 0.621 bits per heavy atom. The molecule has 3 rings (SSSR count). The SMILES string of the molecule is CCOC(=O)c1ccccc1.O=C(O)c1ccccc1.O=C(O)c1ccccc1. The molecule has 0 unspecified atom stereocenters. The van der Waals surface area contributed by atoms with Crippen molar-refractivity contribution in [2.24, 2.45) is 0 Å². The average molecular weight is 394 g/mol. The Hall–Kier alpha value is -3.93. The van der Waals surface area contributed by atoms with Crippen LogP contribution in [-0.4, -0.2) is 34.7 Å². The van der Waals surface area contributed by atoms with Gasteiger partial charge in [-0.05, 0) is 43.3 Å². The Labute approximate surface area is 169 Å². The van der Waals surface area contributed by atoms with Crippen LogP contribution in [-0.2, 0) is 4.74 Å². The molecule has 3 aromatic carbocycles. The highest BCUT2D eigenvalue weighted by atomic mass is 16.5. The summed E-state index contributed by atoms with van der Waals surface area (Å²) in [5.74, 6) is -2.01. The summed E-state index contributed by atoms with van der Waals surface area (Å²) in [4.78, 5) is 31.4. The van der Waals surface area contributed by atoms with Crippen molar-refractivity contribution >= 4 is 17.9 Å². The largest absolute Gasteiger partial charge is 0.478 e. The zero-order valence-corrected chi connectivity index (χ0v) is 15.9. The Bertz CT molecular complexity index is 828. The van der Waals surface area contributed by atoms with E-state index in [1.165, 1.54) is 0 Å². The van der Waals surface area contributed by atoms with Gasteiger partial charge in [0.15, 0.2) is 0 Å². The molecule has 0 bridgehead atoms. The molecule has 0 aliphatic rings. The zero-order chi connectivity index (χ0) is 21.5. The van der Waals surface area contributed by atoms with Crippen LogP contribution in [0.4, 0.5) is 0 Å². The molecular weight excluding hydrogens is 372 g/mol. The summed E-state index contributed by atoms with van der Waals surface area (Å²) in [6.07, 6.45) is 0. The summed E-state index contributed by atoms with van der Waals surface area (Å²) in [6.45, 7) is 2.22. The Morgan fingerprint density at radius 3 is 1.17 bits per heavy atom. The Balaban J connectivity index is 0.000000219. The summed E-state index contributed by atoms with van der Waals surface area (Å²) < 4.78 is 4.79. The van der Waals surface area contributed by atoms with Gasteiger partial charge in [0.05, 0.1) is 23.3 Å². The minimum atomic E-state index is -0.879. The van der Waals surface area contributed by atoms with Gasteiger partial charge in [0.2, 0.25) is 0 Å². The van der Waals surface area contributed by atoms with Crippen LogP contribution in [0, 0.1) is 0 Å². The van der Waals surface area contributed by atoms with Crippen molar-refractivity contribution in [3.63, 3.8) is 0 Å². The minimum Gasteiger partial charge on any atom is -0.478 e. The normalized spacial score (nSPS) is 9.00. The molecule has 0 saturated heterocycles. The molecule has 2 N–H and O–H groups in total. The molecule has 150 valence electrons. The summed E-state index contributed by atoms with van der Waals surface area (Å²) in [5.41, 5.74) is 1.27. The predicted molar refractivity (Wildman–Crippen MR) is 109 cm³/mol. The van der Waals surface area contributed by atoms with E-state index in [0.717, 1.165) is 0 Å². The van der Waals surface area contributed by atoms with E-state index in [0.29, 0.717) is 23.3 Å². The molecule has 6 nitrogen and oxygen atoms in total. The van der Waals surface area contributed by atoms with E-state index in [1.54, 1.807) is 79.7 Å². The van der Waals surface area contributed by atoms with Crippen molar-refractivity contribution in [1.82, 2.24) is 0 Å². The van der Waals surface area contributed by atoms with Gasteiger partial charge in [0, 0.05) is 0 Å². The topological polar surface area (TPSA) is 101 Å². The van der Waals surface area contributed by atoms with E-state index in [1.807, 2.05) is 18.2 Å². The highest BCUT2D eigenvalue weighted by Crippen LogP contribution is 2.00. The number of aromatic carboxylic acids is 2. The number of esters is 1. The lowest BCUT2D eigenvalue weighted by molar-refractivity contribution is 0.0525. The van der Waals surface area contributed by atoms with Crippen LogP contribution in [0.5, 0.6) is 0 Å². The first kappa shape index (κ1) is 23.1. The molecule has 0 spiro atoms. The molecule has 0 amide bonds. The van der Waals surface area contributed by atoms with Gasteiger partial charge in [0.25, 0.3) is 0 Å². The predicted octanol–water partition coefficient (Wildman–Crippen LogP) is 4.63. The first-order valence-corrected chi connectivity index (χ1v) is 8.74. The van der Waals surface area contributed by atoms with Crippen LogP contribution in [0.1, 0.15) is 38.0 Å². The molecule has 0 aliphatic carbocycles. The first-order chi connectivity index (χ1) is 14.0. The van der Waals surface area contributed by atoms with Gasteiger partial charge in [-0.25, -0.2) is 14.4 Å². The van der Waals surface area contributed by atoms with Crippen molar-refractivity contribution in [3.8, 4) is 0 Å². The number of carbonyl (C=O) groups excluding carboxylic acids is 1. The molecule has 3 aromatic rings. The van der Waals surface area contributed by atoms with Gasteiger partial charge >= 0.3 is 17.9 Å². The second kappa shape index (κ2) is 13.3. The van der Waals surface area contributed by atoms with Crippen LogP contribution in [0.2, 0.25) is 0 Å². The van der Waals surface area contributed by atoms with E-state index < -0.39 is 11.9 Å². The monoisotopic (exact) mass is 394 g/mol. The van der Waals surface area contributed by atoms with Crippen LogP contribution >= 0.6 is 0 Å². The van der Waals surface area contributed by atoms with Gasteiger partial charge in [-0.1, -0.05) is 54.6 Å². The molecule has 6 heteroatoms. The van der Waals surface area contributed by atoms with Crippen LogP contribution in [0.25, 0.3) is 0 Å². The standard InChI is InChI=1S/C9H10O2.2C7H6O2/c1-2-11-9(10)8-6-4-3-5-7-8;2*8-7(9)6-4-2-1-3-5-6/h3-7H,2H2,1H3;2*1-5H,(H,8,9). The first-order valence-electron chi connectivity index (χ1n) is 8.74. The lowest BCUT2D eigenvalue weighted by Crippen LogP contribution is -2.03. The number of carbonyl (C=O) groups is 3. The van der Waals surface area contributed by atoms with Gasteiger partial charge in [-0.15, -0.1) is 0 Å². The second-order valence-corrected chi connectivity index (χ2v) is 5.43. The maximum absolute atomic E-state index is 11.0. The van der Waals surface area contributed by atoms with Crippen molar-refractivity contribution in [2.75, 3.05) is 6.61 Å². The fraction of sp³-hybridized carbons (Fsp3) is 0.0870. The number of benzene rings is 3. The van der Waals surface area contributed by atoms with E-state index in [-0.39, 0.29) is 5.97 Å². The molecule has 0 fully saturated rings. The summed E-state index contributed by atoms with van der Waals surface area (Å²) in [6, 6.07) is 25.5. The molecular formula is C23H22O6. The quantitative estimate of drug-likeness (QED) is 0.626. The van der Waals surface area contributed by atoms with Crippen molar-refractivity contribution < 1.29 is 29.3 Å². The van der Waals surface area contributed by atoms with Crippen LogP contribution in [0.15, 0.2) is 91.0 Å². The third kappa shape index (κ3) is 9.53. The Kier molecular flexibility index (Phi) is 10.6. The van der Waals surface area contributed by atoms with Crippen molar-refractivity contribution in [3.05, 3.63) is 108 Å². The highest BCUT2D eigenvalue weighted by molar-refractivity contribution is 5.89. The van der Waals surface area contributed by atoms with Gasteiger partial charge in [-0.3, -0.25) is 0 Å². The second-order valence-electron chi connectivity index (χ2n) is 5.43. The molecule has 29 heavy (non-hydrogen) atoms. The molecule has 0 atom stereocenters. The fourth-order valence-corrected chi connectivity index (χ4v) is 1.95. The number of hydrogen-bond donors (Lipinski definition) is 2. The van der Waals surface area contributed by atoms with Crippen LogP contribution < -0.4 is 0 Å². The van der Waals surface area contributed by atoms with E-state index in [4.69, 9.17) is 14.9 Å². The van der Waals surface area contributed by atoms with Gasteiger partial charge in [-0.2, -0.15) is 0 Å². The smallest absolute Gasteiger partial charge is 0.338 e. The lowest BCUT2D eigenvalue weighted by atomic mass is 10.2. The number of carboxylic acid groups (broad SMARTS) is 2. The summed E-state index contributed by atoms with van der Waals surface area (Å²) in [5, 5.41) is 16.8. The zero-order valence-electron chi connectivity index (χ0n) is 15.9. The average Bonchev–Trinajstić information content (AvgIpc) is 2.76. The lowest BCUT2D eigenvalue weighted by Gasteiger charge is -1.99. The summed E-state index contributed by atoms with van der Waals surface area (Å²) in [7, 11) is 0. The Morgan fingerprint density at radius 2 is 0.931 bits per heavy atom. The highest BCUT2D eigenvalue weighted by Gasteiger charge is 2.02. The number of ether oxygens (including phenoxy) is 1. The van der Waals surface area contributed by atoms with Crippen molar-refractivity contribution in [1.29, 1.82) is 0 Å². The number of carboxylic acids is 2. The third-order valence-corrected chi connectivity index (χ3v) is 3.33. The maximum atomic E-state index is 11.0. The number of hydrogen-bond acceptors (Lipinski definition) is 4. The van der Waals surface area contributed by atoms with Gasteiger partial charge in [0.1, 0.15) is 0 Å². The molecule has 0 heterocycles. The third-order valence-electron chi connectivity index (χ3n) is 3.33. The van der Waals surface area contributed by atoms with E-state index in [9.17, 15) is 14.4 Å². The van der Waals surface area contributed by atoms with E-state index >= 15 is 0 Å². The van der Waals surface area contributed by atoms with Crippen molar-refractivity contribution in [2.45, 2.75) is 6.92 Å². The number of rotatable bonds is 4. The van der Waals surface area contributed by atoms with Gasteiger partial charge < -0.3 is 14.9 Å². The minimum absolute atomic E-state index is 0.256. The van der Waals surface area contributed by atoms with E-state index in [2.05, 4.69) is 0 Å². The molecule has 0 aromatic heterocycles. The molecule has 0 radical (unpaired) electrons. The maximum Gasteiger partial charge on any atom is 0.338 e.